The maximum absolute atomic E-state index is 5.98. The van der Waals surface area contributed by atoms with E-state index in [0.29, 0.717) is 5.92 Å². The summed E-state index contributed by atoms with van der Waals surface area (Å²) in [5.41, 5.74) is 5.22. The lowest BCUT2D eigenvalue weighted by Crippen LogP contribution is -2.02. The molecule has 182 valence electrons. The zero-order valence-electron chi connectivity index (χ0n) is 21.4. The zero-order chi connectivity index (χ0) is 24.0. The lowest BCUT2D eigenvalue weighted by molar-refractivity contribution is 0.304. The van der Waals surface area contributed by atoms with Gasteiger partial charge in [0.2, 0.25) is 0 Å². The van der Waals surface area contributed by atoms with Crippen LogP contribution in [0.2, 0.25) is 0 Å². The first-order valence-electron chi connectivity index (χ1n) is 13.2. The van der Waals surface area contributed by atoms with Crippen LogP contribution in [0.1, 0.15) is 82.3 Å². The number of methoxy groups -OCH3 is 1. The molecule has 34 heavy (non-hydrogen) atoms. The van der Waals surface area contributed by atoms with Gasteiger partial charge < -0.3 is 9.47 Å². The molecule has 3 aromatic rings. The van der Waals surface area contributed by atoms with Gasteiger partial charge in [-0.1, -0.05) is 101 Å². The fourth-order valence-corrected chi connectivity index (χ4v) is 4.48. The molecule has 0 saturated heterocycles. The van der Waals surface area contributed by atoms with Gasteiger partial charge in [-0.3, -0.25) is 0 Å². The molecule has 0 fully saturated rings. The van der Waals surface area contributed by atoms with Gasteiger partial charge in [0.25, 0.3) is 0 Å². The summed E-state index contributed by atoms with van der Waals surface area (Å²) in [7, 11) is 1.70. The van der Waals surface area contributed by atoms with Crippen molar-refractivity contribution in [2.75, 3.05) is 13.7 Å². The highest BCUT2D eigenvalue weighted by Gasteiger charge is 2.11. The van der Waals surface area contributed by atoms with Gasteiger partial charge in [-0.05, 0) is 71.7 Å². The second kappa shape index (κ2) is 14.5. The van der Waals surface area contributed by atoms with Crippen molar-refractivity contribution in [3.05, 3.63) is 83.9 Å². The van der Waals surface area contributed by atoms with E-state index < -0.39 is 0 Å². The van der Waals surface area contributed by atoms with Crippen LogP contribution in [0.4, 0.5) is 0 Å². The Morgan fingerprint density at radius 1 is 0.618 bits per heavy atom. The molecule has 0 amide bonds. The molecule has 0 aliphatic carbocycles. The van der Waals surface area contributed by atoms with Gasteiger partial charge in [0.05, 0.1) is 13.7 Å². The molecule has 0 spiro atoms. The molecule has 0 aliphatic rings. The van der Waals surface area contributed by atoms with Gasteiger partial charge in [-0.15, -0.1) is 0 Å². The summed E-state index contributed by atoms with van der Waals surface area (Å²) in [4.78, 5) is 0. The molecular weight excluding hydrogens is 416 g/mol. The van der Waals surface area contributed by atoms with E-state index in [9.17, 15) is 0 Å². The van der Waals surface area contributed by atoms with Crippen LogP contribution in [-0.2, 0) is 6.42 Å². The van der Waals surface area contributed by atoms with E-state index in [0.717, 1.165) is 37.4 Å². The van der Waals surface area contributed by atoms with Crippen molar-refractivity contribution in [3.63, 3.8) is 0 Å². The molecule has 2 nitrogen and oxygen atoms in total. The summed E-state index contributed by atoms with van der Waals surface area (Å²) in [5.74, 6) is 2.40. The Bertz CT molecular complexity index is 926. The molecule has 1 atom stereocenters. The van der Waals surface area contributed by atoms with Crippen molar-refractivity contribution in [3.8, 4) is 22.6 Å². The van der Waals surface area contributed by atoms with Crippen LogP contribution < -0.4 is 9.47 Å². The van der Waals surface area contributed by atoms with Gasteiger partial charge in [0.1, 0.15) is 11.5 Å². The predicted molar refractivity (Wildman–Crippen MR) is 145 cm³/mol. The van der Waals surface area contributed by atoms with Crippen molar-refractivity contribution in [2.24, 2.45) is 0 Å². The molecule has 1 unspecified atom stereocenters. The van der Waals surface area contributed by atoms with E-state index in [-0.39, 0.29) is 0 Å². The highest BCUT2D eigenvalue weighted by atomic mass is 16.5. The standard InChI is InChI=1S/C32H42O2/c1-4-6-7-8-9-10-11-24-34-32-22-18-28(19-23-32)27(5-2)25-26-12-14-29(15-13-26)30-16-20-31(33-3)21-17-30/h12-23,27H,4-11,24-25H2,1-3H3. The van der Waals surface area contributed by atoms with E-state index in [1.807, 2.05) is 12.1 Å². The van der Waals surface area contributed by atoms with Crippen molar-refractivity contribution in [1.82, 2.24) is 0 Å². The molecule has 0 aliphatic heterocycles. The summed E-state index contributed by atoms with van der Waals surface area (Å²) in [6, 6.07) is 26.0. The molecule has 0 saturated carbocycles. The molecular formula is C32H42O2. The molecule has 3 aromatic carbocycles. The molecule has 0 aromatic heterocycles. The second-order valence-corrected chi connectivity index (χ2v) is 9.27. The van der Waals surface area contributed by atoms with Crippen molar-refractivity contribution >= 4 is 0 Å². The molecule has 0 N–H and O–H groups in total. The smallest absolute Gasteiger partial charge is 0.119 e. The average Bonchev–Trinajstić information content (AvgIpc) is 2.90. The third-order valence-corrected chi connectivity index (χ3v) is 6.72. The Labute approximate surface area is 207 Å². The fraction of sp³-hybridized carbons (Fsp3) is 0.438. The van der Waals surface area contributed by atoms with Crippen LogP contribution in [0.5, 0.6) is 11.5 Å². The third kappa shape index (κ3) is 8.24. The van der Waals surface area contributed by atoms with E-state index in [1.165, 1.54) is 60.8 Å². The first-order chi connectivity index (χ1) is 16.7. The number of benzene rings is 3. The Morgan fingerprint density at radius 3 is 1.76 bits per heavy atom. The van der Waals surface area contributed by atoms with Crippen LogP contribution >= 0.6 is 0 Å². The maximum atomic E-state index is 5.98. The van der Waals surface area contributed by atoms with Gasteiger partial charge in [0.15, 0.2) is 0 Å². The number of rotatable bonds is 15. The fourth-order valence-electron chi connectivity index (χ4n) is 4.48. The van der Waals surface area contributed by atoms with Crippen LogP contribution in [-0.4, -0.2) is 13.7 Å². The Balaban J connectivity index is 1.47. The van der Waals surface area contributed by atoms with Gasteiger partial charge in [-0.25, -0.2) is 0 Å². The van der Waals surface area contributed by atoms with E-state index in [1.54, 1.807) is 7.11 Å². The summed E-state index contributed by atoms with van der Waals surface area (Å²) in [6.45, 7) is 5.37. The average molecular weight is 459 g/mol. The molecule has 2 heteroatoms. The minimum atomic E-state index is 0.518. The minimum absolute atomic E-state index is 0.518. The Morgan fingerprint density at radius 2 is 1.18 bits per heavy atom. The zero-order valence-corrected chi connectivity index (χ0v) is 21.4. The number of hydrogen-bond acceptors (Lipinski definition) is 2. The third-order valence-electron chi connectivity index (χ3n) is 6.72. The van der Waals surface area contributed by atoms with Crippen molar-refractivity contribution in [2.45, 2.75) is 77.6 Å². The predicted octanol–water partition coefficient (Wildman–Crippen LogP) is 9.23. The monoisotopic (exact) mass is 458 g/mol. The minimum Gasteiger partial charge on any atom is -0.497 e. The Kier molecular flexibility index (Phi) is 11.0. The van der Waals surface area contributed by atoms with Crippen LogP contribution in [0.15, 0.2) is 72.8 Å². The summed E-state index contributed by atoms with van der Waals surface area (Å²) in [5, 5.41) is 0. The topological polar surface area (TPSA) is 18.5 Å². The van der Waals surface area contributed by atoms with Gasteiger partial charge in [0, 0.05) is 0 Å². The van der Waals surface area contributed by atoms with Gasteiger partial charge >= 0.3 is 0 Å². The number of hydrogen-bond donors (Lipinski definition) is 0. The lowest BCUT2D eigenvalue weighted by Gasteiger charge is -2.17. The van der Waals surface area contributed by atoms with Gasteiger partial charge in [-0.2, -0.15) is 0 Å². The van der Waals surface area contributed by atoms with E-state index in [4.69, 9.17) is 9.47 Å². The molecule has 3 rings (SSSR count). The van der Waals surface area contributed by atoms with Crippen LogP contribution in [0.25, 0.3) is 11.1 Å². The normalized spacial score (nSPS) is 11.9. The number of ether oxygens (including phenoxy) is 2. The second-order valence-electron chi connectivity index (χ2n) is 9.27. The first-order valence-corrected chi connectivity index (χ1v) is 13.2. The van der Waals surface area contributed by atoms with E-state index in [2.05, 4.69) is 74.5 Å². The van der Waals surface area contributed by atoms with Crippen LogP contribution in [0, 0.1) is 0 Å². The SMILES string of the molecule is CCCCCCCCCOc1ccc(C(CC)Cc2ccc(-c3ccc(OC)cc3)cc2)cc1. The van der Waals surface area contributed by atoms with Crippen molar-refractivity contribution < 1.29 is 9.47 Å². The molecule has 0 radical (unpaired) electrons. The van der Waals surface area contributed by atoms with E-state index >= 15 is 0 Å². The highest BCUT2D eigenvalue weighted by molar-refractivity contribution is 5.64. The first kappa shape index (κ1) is 25.9. The number of unbranched alkanes of at least 4 members (excludes halogenated alkanes) is 6. The molecule has 0 bridgehead atoms. The Hall–Kier alpha value is -2.74. The largest absolute Gasteiger partial charge is 0.497 e. The van der Waals surface area contributed by atoms with Crippen LogP contribution in [0.3, 0.4) is 0 Å². The summed E-state index contributed by atoms with van der Waals surface area (Å²) in [6.07, 6.45) is 11.4. The molecule has 0 heterocycles. The lowest BCUT2D eigenvalue weighted by atomic mass is 9.89. The highest BCUT2D eigenvalue weighted by Crippen LogP contribution is 2.28. The van der Waals surface area contributed by atoms with Crippen molar-refractivity contribution in [1.29, 1.82) is 0 Å². The maximum Gasteiger partial charge on any atom is 0.119 e. The summed E-state index contributed by atoms with van der Waals surface area (Å²) >= 11 is 0. The quantitative estimate of drug-likeness (QED) is 0.211. The summed E-state index contributed by atoms with van der Waals surface area (Å²) < 4.78 is 11.2.